The SMILES string of the molecule is CCNC(=O)[C@H](Cc1ccccc1)N(Cc1ccc(Cl)c(Cl)c1)C(=O)COc1ccc(Br)c(C)c1. The lowest BCUT2D eigenvalue weighted by atomic mass is 10.0. The van der Waals surface area contributed by atoms with Crippen LogP contribution in [0.2, 0.25) is 10.0 Å². The Balaban J connectivity index is 1.91. The van der Waals surface area contributed by atoms with Gasteiger partial charge in [-0.1, -0.05) is 75.5 Å². The second-order valence-corrected chi connectivity index (χ2v) is 9.74. The van der Waals surface area contributed by atoms with Crippen molar-refractivity contribution in [3.63, 3.8) is 0 Å². The molecule has 8 heteroatoms. The third-order valence-electron chi connectivity index (χ3n) is 5.45. The number of hydrogen-bond donors (Lipinski definition) is 1. The van der Waals surface area contributed by atoms with Gasteiger partial charge in [0.05, 0.1) is 10.0 Å². The van der Waals surface area contributed by atoms with E-state index in [1.165, 1.54) is 0 Å². The molecule has 3 aromatic rings. The highest BCUT2D eigenvalue weighted by Crippen LogP contribution is 2.25. The number of rotatable bonds is 10. The van der Waals surface area contributed by atoms with E-state index in [-0.39, 0.29) is 25.0 Å². The number of carbonyl (C=O) groups is 2. The fourth-order valence-electron chi connectivity index (χ4n) is 3.62. The Bertz CT molecular complexity index is 1170. The minimum atomic E-state index is -0.741. The zero-order chi connectivity index (χ0) is 25.4. The van der Waals surface area contributed by atoms with Gasteiger partial charge in [0.2, 0.25) is 5.91 Å². The van der Waals surface area contributed by atoms with E-state index in [0.29, 0.717) is 28.8 Å². The van der Waals surface area contributed by atoms with E-state index >= 15 is 0 Å². The van der Waals surface area contributed by atoms with Crippen molar-refractivity contribution in [2.75, 3.05) is 13.2 Å². The molecule has 1 atom stereocenters. The van der Waals surface area contributed by atoms with Crippen LogP contribution < -0.4 is 10.1 Å². The smallest absolute Gasteiger partial charge is 0.261 e. The highest BCUT2D eigenvalue weighted by atomic mass is 79.9. The molecule has 35 heavy (non-hydrogen) atoms. The lowest BCUT2D eigenvalue weighted by Gasteiger charge is -2.31. The summed E-state index contributed by atoms with van der Waals surface area (Å²) < 4.78 is 6.77. The zero-order valence-corrected chi connectivity index (χ0v) is 22.7. The third-order valence-corrected chi connectivity index (χ3v) is 7.08. The Kier molecular flexibility index (Phi) is 10.0. The quantitative estimate of drug-likeness (QED) is 0.311. The van der Waals surface area contributed by atoms with Gasteiger partial charge in [0.25, 0.3) is 5.91 Å². The van der Waals surface area contributed by atoms with Gasteiger partial charge in [0, 0.05) is 24.0 Å². The predicted octanol–water partition coefficient (Wildman–Crippen LogP) is 6.22. The van der Waals surface area contributed by atoms with E-state index in [1.807, 2.05) is 56.3 Å². The van der Waals surface area contributed by atoms with Crippen LogP contribution in [0.5, 0.6) is 5.75 Å². The van der Waals surface area contributed by atoms with Crippen LogP contribution in [0, 0.1) is 6.92 Å². The summed E-state index contributed by atoms with van der Waals surface area (Å²) in [6.07, 6.45) is 0.358. The molecule has 0 spiro atoms. The normalized spacial score (nSPS) is 11.6. The lowest BCUT2D eigenvalue weighted by Crippen LogP contribution is -2.51. The van der Waals surface area contributed by atoms with Crippen molar-refractivity contribution in [1.82, 2.24) is 10.2 Å². The first kappa shape index (κ1) is 27.1. The Labute approximate surface area is 224 Å². The minimum absolute atomic E-state index is 0.174. The number of aryl methyl sites for hydroxylation is 1. The molecule has 0 fully saturated rings. The first-order valence-corrected chi connectivity index (χ1v) is 12.8. The molecule has 2 amide bonds. The molecule has 0 aliphatic carbocycles. The Hall–Kier alpha value is -2.54. The maximum absolute atomic E-state index is 13.5. The number of benzene rings is 3. The van der Waals surface area contributed by atoms with Crippen molar-refractivity contribution < 1.29 is 14.3 Å². The molecule has 3 rings (SSSR count). The molecule has 5 nitrogen and oxygen atoms in total. The minimum Gasteiger partial charge on any atom is -0.484 e. The summed E-state index contributed by atoms with van der Waals surface area (Å²) in [5.41, 5.74) is 2.70. The fourth-order valence-corrected chi connectivity index (χ4v) is 4.18. The average Bonchev–Trinajstić information content (AvgIpc) is 2.84. The molecule has 0 aliphatic rings. The molecule has 0 radical (unpaired) electrons. The summed E-state index contributed by atoms with van der Waals surface area (Å²) in [5.74, 6) is 0.0271. The highest BCUT2D eigenvalue weighted by Gasteiger charge is 2.30. The van der Waals surface area contributed by atoms with Crippen LogP contribution in [-0.4, -0.2) is 35.9 Å². The van der Waals surface area contributed by atoms with Crippen LogP contribution in [0.15, 0.2) is 71.2 Å². The average molecular weight is 578 g/mol. The van der Waals surface area contributed by atoms with Crippen molar-refractivity contribution in [3.8, 4) is 5.75 Å². The summed E-state index contributed by atoms with van der Waals surface area (Å²) in [4.78, 5) is 28.2. The number of likely N-dealkylation sites (N-methyl/N-ethyl adjacent to an activating group) is 1. The zero-order valence-electron chi connectivity index (χ0n) is 19.6. The summed E-state index contributed by atoms with van der Waals surface area (Å²) in [5, 5.41) is 3.68. The molecule has 0 heterocycles. The number of hydrogen-bond acceptors (Lipinski definition) is 3. The van der Waals surface area contributed by atoms with E-state index in [9.17, 15) is 9.59 Å². The Morgan fingerprint density at radius 1 is 1.00 bits per heavy atom. The molecule has 0 aromatic heterocycles. The fraction of sp³-hybridized carbons (Fsp3) is 0.259. The number of nitrogens with zero attached hydrogens (tertiary/aromatic N) is 1. The number of carbonyl (C=O) groups excluding carboxylic acids is 2. The Morgan fingerprint density at radius 3 is 2.40 bits per heavy atom. The van der Waals surface area contributed by atoms with Gasteiger partial charge in [-0.05, 0) is 60.9 Å². The van der Waals surface area contributed by atoms with E-state index in [4.69, 9.17) is 27.9 Å². The molecular formula is C27H27BrCl2N2O3. The number of halogens is 3. The van der Waals surface area contributed by atoms with E-state index in [0.717, 1.165) is 21.2 Å². The maximum Gasteiger partial charge on any atom is 0.261 e. The van der Waals surface area contributed by atoms with Gasteiger partial charge in [-0.3, -0.25) is 9.59 Å². The van der Waals surface area contributed by atoms with Crippen molar-refractivity contribution in [1.29, 1.82) is 0 Å². The molecule has 0 unspecified atom stereocenters. The number of amides is 2. The van der Waals surface area contributed by atoms with Gasteiger partial charge < -0.3 is 15.0 Å². The van der Waals surface area contributed by atoms with Crippen LogP contribution in [0.4, 0.5) is 0 Å². The van der Waals surface area contributed by atoms with Crippen molar-refractivity contribution in [2.45, 2.75) is 32.9 Å². The van der Waals surface area contributed by atoms with Gasteiger partial charge in [0.1, 0.15) is 11.8 Å². The molecule has 184 valence electrons. The van der Waals surface area contributed by atoms with Gasteiger partial charge in [-0.25, -0.2) is 0 Å². The standard InChI is InChI=1S/C27H27BrCl2N2O3/c1-3-31-27(34)25(15-19-7-5-4-6-8-19)32(16-20-9-12-23(29)24(30)14-20)26(33)17-35-21-10-11-22(28)18(2)13-21/h4-14,25H,3,15-17H2,1-2H3,(H,31,34)/t25-/m0/s1. The van der Waals surface area contributed by atoms with Gasteiger partial charge in [0.15, 0.2) is 6.61 Å². The number of nitrogens with one attached hydrogen (secondary N) is 1. The van der Waals surface area contributed by atoms with Crippen molar-refractivity contribution in [2.24, 2.45) is 0 Å². The monoisotopic (exact) mass is 576 g/mol. The van der Waals surface area contributed by atoms with E-state index < -0.39 is 6.04 Å². The lowest BCUT2D eigenvalue weighted by molar-refractivity contribution is -0.142. The summed E-state index contributed by atoms with van der Waals surface area (Å²) >= 11 is 15.8. The molecule has 1 N–H and O–H groups in total. The second-order valence-electron chi connectivity index (χ2n) is 8.07. The molecule has 0 aliphatic heterocycles. The van der Waals surface area contributed by atoms with Gasteiger partial charge in [-0.15, -0.1) is 0 Å². The summed E-state index contributed by atoms with van der Waals surface area (Å²) in [6, 6.07) is 19.6. The molecule has 0 bridgehead atoms. The molecule has 0 saturated carbocycles. The third kappa shape index (κ3) is 7.72. The van der Waals surface area contributed by atoms with Crippen LogP contribution in [0.1, 0.15) is 23.6 Å². The topological polar surface area (TPSA) is 58.6 Å². The van der Waals surface area contributed by atoms with E-state index in [2.05, 4.69) is 21.2 Å². The molecular weight excluding hydrogens is 551 g/mol. The van der Waals surface area contributed by atoms with Crippen molar-refractivity contribution >= 4 is 50.9 Å². The second kappa shape index (κ2) is 13.0. The maximum atomic E-state index is 13.5. The van der Waals surface area contributed by atoms with Crippen LogP contribution >= 0.6 is 39.1 Å². The predicted molar refractivity (Wildman–Crippen MR) is 144 cm³/mol. The molecule has 3 aromatic carbocycles. The first-order chi connectivity index (χ1) is 16.8. The van der Waals surface area contributed by atoms with Crippen molar-refractivity contribution in [3.05, 3.63) is 97.9 Å². The van der Waals surface area contributed by atoms with Gasteiger partial charge in [-0.2, -0.15) is 0 Å². The summed E-state index contributed by atoms with van der Waals surface area (Å²) in [6.45, 7) is 4.20. The van der Waals surface area contributed by atoms with E-state index in [1.54, 1.807) is 29.2 Å². The largest absolute Gasteiger partial charge is 0.484 e. The van der Waals surface area contributed by atoms with Crippen LogP contribution in [0.25, 0.3) is 0 Å². The Morgan fingerprint density at radius 2 is 1.74 bits per heavy atom. The summed E-state index contributed by atoms with van der Waals surface area (Å²) in [7, 11) is 0. The number of ether oxygens (including phenoxy) is 1. The van der Waals surface area contributed by atoms with Gasteiger partial charge >= 0.3 is 0 Å². The van der Waals surface area contributed by atoms with Crippen LogP contribution in [-0.2, 0) is 22.6 Å². The molecule has 0 saturated heterocycles. The highest BCUT2D eigenvalue weighted by molar-refractivity contribution is 9.10. The first-order valence-electron chi connectivity index (χ1n) is 11.2. The van der Waals surface area contributed by atoms with Crippen LogP contribution in [0.3, 0.4) is 0 Å².